The fourth-order valence-electron chi connectivity index (χ4n) is 1.77. The maximum Gasteiger partial charge on any atom is 0.440 e. The number of hydroxylamine groups is 1. The second-order valence-electron chi connectivity index (χ2n) is 4.65. The summed E-state index contributed by atoms with van der Waals surface area (Å²) in [4.78, 5) is 26.3. The minimum Gasteiger partial charge on any atom is -0.451 e. The van der Waals surface area contributed by atoms with Crippen LogP contribution in [0.3, 0.4) is 0 Å². The molecule has 0 fully saturated rings. The Morgan fingerprint density at radius 1 is 0.895 bits per heavy atom. The van der Waals surface area contributed by atoms with E-state index in [4.69, 9.17) is 0 Å². The summed E-state index contributed by atoms with van der Waals surface area (Å²) in [6.45, 7) is 2.22. The Kier molecular flexibility index (Phi) is 12.3. The van der Waals surface area contributed by atoms with E-state index < -0.39 is 12.1 Å². The first-order valence-electron chi connectivity index (χ1n) is 7.24. The predicted molar refractivity (Wildman–Crippen MR) is 73.5 cm³/mol. The first-order valence-corrected chi connectivity index (χ1v) is 7.24. The van der Waals surface area contributed by atoms with Gasteiger partial charge in [-0.1, -0.05) is 58.3 Å². The van der Waals surface area contributed by atoms with Gasteiger partial charge >= 0.3 is 12.1 Å². The summed E-state index contributed by atoms with van der Waals surface area (Å²) >= 11 is 0. The molecule has 0 bridgehead atoms. The van der Waals surface area contributed by atoms with Gasteiger partial charge in [-0.05, 0) is 6.42 Å². The molecule has 0 radical (unpaired) electrons. The molecule has 5 heteroatoms. The maximum absolute atomic E-state index is 11.2. The number of rotatable bonds is 10. The van der Waals surface area contributed by atoms with Gasteiger partial charge in [0.25, 0.3) is 0 Å². The third-order valence-electron chi connectivity index (χ3n) is 2.92. The molecular weight excluding hydrogens is 246 g/mol. The van der Waals surface area contributed by atoms with Gasteiger partial charge in [0, 0.05) is 6.42 Å². The van der Waals surface area contributed by atoms with Gasteiger partial charge in [-0.15, -0.1) is 5.48 Å². The summed E-state index contributed by atoms with van der Waals surface area (Å²) in [5.41, 5.74) is 1.90. The molecule has 0 spiro atoms. The van der Waals surface area contributed by atoms with Crippen LogP contribution in [0.4, 0.5) is 4.79 Å². The predicted octanol–water partition coefficient (Wildman–Crippen LogP) is 3.72. The van der Waals surface area contributed by atoms with Crippen LogP contribution in [0, 0.1) is 0 Å². The first-order chi connectivity index (χ1) is 9.20. The molecule has 0 aromatic rings. The number of hydrogen-bond donors (Lipinski definition) is 1. The number of methoxy groups -OCH3 is 1. The van der Waals surface area contributed by atoms with Crippen LogP contribution in [-0.2, 0) is 14.4 Å². The smallest absolute Gasteiger partial charge is 0.440 e. The van der Waals surface area contributed by atoms with Gasteiger partial charge in [0.05, 0.1) is 7.11 Å². The number of hydrogen-bond acceptors (Lipinski definition) is 4. The molecule has 5 nitrogen and oxygen atoms in total. The van der Waals surface area contributed by atoms with Crippen LogP contribution in [0.1, 0.15) is 71.1 Å². The molecule has 0 atom stereocenters. The molecule has 0 rings (SSSR count). The normalized spacial score (nSPS) is 10.0. The molecule has 0 heterocycles. The van der Waals surface area contributed by atoms with Crippen molar-refractivity contribution in [3.05, 3.63) is 0 Å². The third kappa shape index (κ3) is 13.0. The van der Waals surface area contributed by atoms with E-state index in [1.165, 1.54) is 45.6 Å². The van der Waals surface area contributed by atoms with Crippen LogP contribution in [0.25, 0.3) is 0 Å². The molecule has 1 N–H and O–H groups in total. The number of carbonyl (C=O) groups is 2. The fraction of sp³-hybridized carbons (Fsp3) is 0.857. The summed E-state index contributed by atoms with van der Waals surface area (Å²) in [5.74, 6) is -0.423. The highest BCUT2D eigenvalue weighted by atomic mass is 16.7. The lowest BCUT2D eigenvalue weighted by atomic mass is 10.1. The molecule has 0 saturated carbocycles. The van der Waals surface area contributed by atoms with Crippen molar-refractivity contribution in [3.63, 3.8) is 0 Å². The van der Waals surface area contributed by atoms with Crippen molar-refractivity contribution in [1.29, 1.82) is 0 Å². The molecule has 0 unspecified atom stereocenters. The molecule has 0 aromatic heterocycles. The van der Waals surface area contributed by atoms with Crippen molar-refractivity contribution in [1.82, 2.24) is 5.48 Å². The molecule has 1 amide bonds. The number of ether oxygens (including phenoxy) is 1. The second-order valence-corrected chi connectivity index (χ2v) is 4.65. The summed E-state index contributed by atoms with van der Waals surface area (Å²) in [7, 11) is 1.21. The largest absolute Gasteiger partial charge is 0.451 e. The number of carbonyl (C=O) groups excluding carboxylic acids is 2. The standard InChI is InChI=1S/C14H27NO4/c1-3-4-5-6-7-8-9-10-11-12-13(16)19-15-14(17)18-2/h3-12H2,1-2H3,(H,15,17). The van der Waals surface area contributed by atoms with Crippen LogP contribution in [0.15, 0.2) is 0 Å². The molecular formula is C14H27NO4. The molecule has 19 heavy (non-hydrogen) atoms. The van der Waals surface area contributed by atoms with Crippen LogP contribution < -0.4 is 5.48 Å². The van der Waals surface area contributed by atoms with Gasteiger partial charge in [0.2, 0.25) is 0 Å². The highest BCUT2D eigenvalue weighted by molar-refractivity contribution is 5.72. The van der Waals surface area contributed by atoms with Crippen LogP contribution in [0.5, 0.6) is 0 Å². The first kappa shape index (κ1) is 17.7. The topological polar surface area (TPSA) is 64.6 Å². The van der Waals surface area contributed by atoms with Crippen molar-refractivity contribution in [3.8, 4) is 0 Å². The number of nitrogens with one attached hydrogen (secondary N) is 1. The van der Waals surface area contributed by atoms with Crippen molar-refractivity contribution < 1.29 is 19.2 Å². The zero-order valence-electron chi connectivity index (χ0n) is 12.2. The summed E-state index contributed by atoms with van der Waals surface area (Å²) in [5, 5.41) is 0. The number of unbranched alkanes of at least 4 members (excludes halogenated alkanes) is 8. The van der Waals surface area contributed by atoms with E-state index in [0.29, 0.717) is 6.42 Å². The van der Waals surface area contributed by atoms with E-state index in [2.05, 4.69) is 16.5 Å². The minimum atomic E-state index is -0.763. The lowest BCUT2D eigenvalue weighted by Gasteiger charge is -2.04. The zero-order chi connectivity index (χ0) is 14.3. The molecule has 112 valence electrons. The van der Waals surface area contributed by atoms with E-state index in [0.717, 1.165) is 19.3 Å². The van der Waals surface area contributed by atoms with Gasteiger partial charge in [0.1, 0.15) is 0 Å². The highest BCUT2D eigenvalue weighted by Crippen LogP contribution is 2.10. The Bertz CT molecular complexity index is 244. The van der Waals surface area contributed by atoms with Crippen molar-refractivity contribution in [2.75, 3.05) is 7.11 Å². The average molecular weight is 273 g/mol. The van der Waals surface area contributed by atoms with E-state index in [1.807, 2.05) is 5.48 Å². The van der Waals surface area contributed by atoms with E-state index in [1.54, 1.807) is 0 Å². The monoisotopic (exact) mass is 273 g/mol. The van der Waals surface area contributed by atoms with Crippen molar-refractivity contribution >= 4 is 12.1 Å². The van der Waals surface area contributed by atoms with E-state index >= 15 is 0 Å². The van der Waals surface area contributed by atoms with Gasteiger partial charge in [-0.2, -0.15) is 0 Å². The maximum atomic E-state index is 11.2. The Morgan fingerprint density at radius 2 is 1.42 bits per heavy atom. The van der Waals surface area contributed by atoms with E-state index in [-0.39, 0.29) is 0 Å². The van der Waals surface area contributed by atoms with Gasteiger partial charge < -0.3 is 9.57 Å². The lowest BCUT2D eigenvalue weighted by Crippen LogP contribution is -2.26. The Balaban J connectivity index is 3.21. The average Bonchev–Trinajstić information content (AvgIpc) is 2.42. The quantitative estimate of drug-likeness (QED) is 0.486. The number of amides is 1. The van der Waals surface area contributed by atoms with Crippen LogP contribution in [-0.4, -0.2) is 19.2 Å². The Morgan fingerprint density at radius 3 is 1.95 bits per heavy atom. The molecule has 0 aliphatic heterocycles. The van der Waals surface area contributed by atoms with Crippen molar-refractivity contribution in [2.24, 2.45) is 0 Å². The Hall–Kier alpha value is -1.26. The molecule has 0 saturated heterocycles. The lowest BCUT2D eigenvalue weighted by molar-refractivity contribution is -0.149. The fourth-order valence-corrected chi connectivity index (χ4v) is 1.77. The second kappa shape index (κ2) is 13.2. The highest BCUT2D eigenvalue weighted by Gasteiger charge is 2.05. The minimum absolute atomic E-state index is 0.333. The molecule has 0 aliphatic carbocycles. The summed E-state index contributed by atoms with van der Waals surface area (Å²) < 4.78 is 4.27. The van der Waals surface area contributed by atoms with Crippen molar-refractivity contribution in [2.45, 2.75) is 71.1 Å². The van der Waals surface area contributed by atoms with Gasteiger partial charge in [-0.3, -0.25) is 0 Å². The summed E-state index contributed by atoms with van der Waals surface area (Å²) in [6.07, 6.45) is 10.3. The molecule has 0 aliphatic rings. The van der Waals surface area contributed by atoms with E-state index in [9.17, 15) is 9.59 Å². The van der Waals surface area contributed by atoms with Crippen LogP contribution >= 0.6 is 0 Å². The van der Waals surface area contributed by atoms with Gasteiger partial charge in [-0.25, -0.2) is 9.59 Å². The summed E-state index contributed by atoms with van der Waals surface area (Å²) in [6, 6.07) is 0. The third-order valence-corrected chi connectivity index (χ3v) is 2.92. The Labute approximate surface area is 116 Å². The van der Waals surface area contributed by atoms with Crippen LogP contribution in [0.2, 0.25) is 0 Å². The molecule has 0 aromatic carbocycles. The SMILES string of the molecule is CCCCCCCCCCCC(=O)ONC(=O)OC. The van der Waals surface area contributed by atoms with Gasteiger partial charge in [0.15, 0.2) is 0 Å². The zero-order valence-corrected chi connectivity index (χ0v) is 12.2.